The van der Waals surface area contributed by atoms with Crippen LogP contribution >= 0.6 is 11.6 Å². The highest BCUT2D eigenvalue weighted by molar-refractivity contribution is 6.30. The smallest absolute Gasteiger partial charge is 0.285 e. The predicted molar refractivity (Wildman–Crippen MR) is 93.4 cm³/mol. The van der Waals surface area contributed by atoms with Crippen LogP contribution in [0.2, 0.25) is 5.02 Å². The Kier molecular flexibility index (Phi) is 4.88. The van der Waals surface area contributed by atoms with E-state index in [9.17, 15) is 4.79 Å². The Balaban J connectivity index is 2.30. The first kappa shape index (κ1) is 17.3. The summed E-state index contributed by atoms with van der Waals surface area (Å²) in [6.45, 7) is 13.6. The summed E-state index contributed by atoms with van der Waals surface area (Å²) in [5.74, 6) is 0.173. The highest BCUT2D eigenvalue weighted by atomic mass is 35.5. The Morgan fingerprint density at radius 1 is 1.14 bits per heavy atom. The lowest BCUT2D eigenvalue weighted by Gasteiger charge is -2.43. The third kappa shape index (κ3) is 2.65. The predicted octanol–water partition coefficient (Wildman–Crippen LogP) is 4.30. The molecule has 0 atom stereocenters. The standard InChI is InChI=1S/C18H27ClN2O/c1-6-21(7-2,8-3)18(9-10-18)17(22)20-16-13(4)11-15(19)12-14(16)5/h11-12H,6-10H2,1-5H3/p+1. The number of nitrogens with zero attached hydrogens (tertiary/aromatic N) is 1. The number of amides is 1. The minimum Gasteiger partial charge on any atom is -0.320 e. The zero-order valence-corrected chi connectivity index (χ0v) is 15.2. The molecule has 1 aliphatic carbocycles. The number of likely N-dealkylation sites (N-methyl/N-ethyl adjacent to an activating group) is 1. The van der Waals surface area contributed by atoms with Crippen molar-refractivity contribution in [2.75, 3.05) is 25.0 Å². The van der Waals surface area contributed by atoms with Crippen LogP contribution in [0, 0.1) is 13.8 Å². The SMILES string of the molecule is CC[N+](CC)(CC)C1(C(=O)Nc2c(C)cc(Cl)cc2C)CC1. The summed E-state index contributed by atoms with van der Waals surface area (Å²) in [5.41, 5.74) is 2.73. The second-order valence-electron chi connectivity index (χ2n) is 6.49. The molecule has 122 valence electrons. The van der Waals surface area contributed by atoms with Crippen molar-refractivity contribution in [1.82, 2.24) is 0 Å². The van der Waals surface area contributed by atoms with E-state index >= 15 is 0 Å². The summed E-state index contributed by atoms with van der Waals surface area (Å²) in [6.07, 6.45) is 1.97. The van der Waals surface area contributed by atoms with Crippen LogP contribution in [0.25, 0.3) is 0 Å². The molecule has 1 amide bonds. The van der Waals surface area contributed by atoms with Crippen molar-refractivity contribution in [2.24, 2.45) is 0 Å². The van der Waals surface area contributed by atoms with E-state index in [2.05, 4.69) is 26.1 Å². The van der Waals surface area contributed by atoms with Gasteiger partial charge in [-0.2, -0.15) is 0 Å². The van der Waals surface area contributed by atoms with E-state index in [-0.39, 0.29) is 11.4 Å². The molecular formula is C18H28ClN2O+. The zero-order valence-electron chi connectivity index (χ0n) is 14.4. The number of aryl methyl sites for hydroxylation is 2. The van der Waals surface area contributed by atoms with Gasteiger partial charge in [0.2, 0.25) is 0 Å². The monoisotopic (exact) mass is 323 g/mol. The van der Waals surface area contributed by atoms with Crippen LogP contribution in [-0.4, -0.2) is 35.6 Å². The quantitative estimate of drug-likeness (QED) is 0.777. The molecule has 0 unspecified atom stereocenters. The summed E-state index contributed by atoms with van der Waals surface area (Å²) in [4.78, 5) is 13.0. The largest absolute Gasteiger partial charge is 0.320 e. The van der Waals surface area contributed by atoms with E-state index in [0.717, 1.165) is 58.8 Å². The van der Waals surface area contributed by atoms with Gasteiger partial charge in [-0.1, -0.05) is 11.6 Å². The third-order valence-corrected chi connectivity index (χ3v) is 5.82. The Hall–Kier alpha value is -1.06. The van der Waals surface area contributed by atoms with Gasteiger partial charge in [0.15, 0.2) is 5.54 Å². The maximum atomic E-state index is 13.0. The molecule has 1 aliphatic rings. The van der Waals surface area contributed by atoms with E-state index < -0.39 is 0 Å². The van der Waals surface area contributed by atoms with E-state index in [0.29, 0.717) is 0 Å². The molecule has 4 heteroatoms. The second kappa shape index (κ2) is 6.21. The van der Waals surface area contributed by atoms with Gasteiger partial charge >= 0.3 is 0 Å². The van der Waals surface area contributed by atoms with Gasteiger partial charge in [-0.15, -0.1) is 0 Å². The Bertz CT molecular complexity index is 543. The minimum absolute atomic E-state index is 0.173. The molecule has 0 aromatic heterocycles. The Morgan fingerprint density at radius 2 is 1.59 bits per heavy atom. The van der Waals surface area contributed by atoms with Crippen LogP contribution in [-0.2, 0) is 4.79 Å². The van der Waals surface area contributed by atoms with Gasteiger partial charge in [0.25, 0.3) is 5.91 Å². The van der Waals surface area contributed by atoms with Crippen molar-refractivity contribution >= 4 is 23.2 Å². The highest BCUT2D eigenvalue weighted by Crippen LogP contribution is 2.48. The molecule has 0 heterocycles. The molecule has 0 spiro atoms. The van der Waals surface area contributed by atoms with Gasteiger partial charge < -0.3 is 9.80 Å². The number of rotatable bonds is 6. The Morgan fingerprint density at radius 3 is 1.95 bits per heavy atom. The second-order valence-corrected chi connectivity index (χ2v) is 6.93. The third-order valence-electron chi connectivity index (χ3n) is 5.61. The fourth-order valence-corrected chi connectivity index (χ4v) is 4.28. The summed E-state index contributed by atoms with van der Waals surface area (Å²) in [6, 6.07) is 3.82. The molecule has 22 heavy (non-hydrogen) atoms. The first-order valence-electron chi connectivity index (χ1n) is 8.30. The van der Waals surface area contributed by atoms with Crippen LogP contribution in [0.1, 0.15) is 44.7 Å². The normalized spacial score (nSPS) is 16.5. The maximum absolute atomic E-state index is 13.0. The molecule has 1 fully saturated rings. The Labute approximate surface area is 139 Å². The van der Waals surface area contributed by atoms with Crippen molar-refractivity contribution in [2.45, 2.75) is 53.0 Å². The summed E-state index contributed by atoms with van der Waals surface area (Å²) in [7, 11) is 0. The molecule has 3 nitrogen and oxygen atoms in total. The number of nitrogens with one attached hydrogen (secondary N) is 1. The number of anilines is 1. The van der Waals surface area contributed by atoms with Crippen LogP contribution in [0.5, 0.6) is 0 Å². The number of halogens is 1. The number of hydrogen-bond acceptors (Lipinski definition) is 1. The van der Waals surface area contributed by atoms with Crippen LogP contribution in [0.3, 0.4) is 0 Å². The minimum atomic E-state index is -0.239. The van der Waals surface area contributed by atoms with Crippen molar-refractivity contribution in [3.05, 3.63) is 28.3 Å². The summed E-state index contributed by atoms with van der Waals surface area (Å²) in [5, 5.41) is 3.92. The van der Waals surface area contributed by atoms with Gasteiger partial charge in [0.05, 0.1) is 19.6 Å². The number of carbonyl (C=O) groups is 1. The molecule has 1 N–H and O–H groups in total. The average molecular weight is 324 g/mol. The first-order chi connectivity index (χ1) is 10.4. The van der Waals surface area contributed by atoms with E-state index in [1.54, 1.807) is 0 Å². The van der Waals surface area contributed by atoms with E-state index in [4.69, 9.17) is 11.6 Å². The van der Waals surface area contributed by atoms with Crippen molar-refractivity contribution in [1.29, 1.82) is 0 Å². The van der Waals surface area contributed by atoms with Gasteiger partial charge in [0, 0.05) is 23.6 Å². The molecule has 1 aromatic carbocycles. The molecule has 2 rings (SSSR count). The lowest BCUT2D eigenvalue weighted by Crippen LogP contribution is -2.61. The summed E-state index contributed by atoms with van der Waals surface area (Å²) < 4.78 is 0.879. The molecule has 0 saturated heterocycles. The van der Waals surface area contributed by atoms with Crippen molar-refractivity contribution in [3.8, 4) is 0 Å². The zero-order chi connectivity index (χ0) is 16.5. The van der Waals surface area contributed by atoms with E-state index in [1.165, 1.54) is 0 Å². The topological polar surface area (TPSA) is 29.1 Å². The molecular weight excluding hydrogens is 296 g/mol. The van der Waals surface area contributed by atoms with Gasteiger partial charge in [0.1, 0.15) is 0 Å². The van der Waals surface area contributed by atoms with Gasteiger partial charge in [-0.05, 0) is 57.9 Å². The number of benzene rings is 1. The van der Waals surface area contributed by atoms with Gasteiger partial charge in [-0.3, -0.25) is 4.79 Å². The molecule has 0 aliphatic heterocycles. The molecule has 0 bridgehead atoms. The fraction of sp³-hybridized carbons (Fsp3) is 0.611. The fourth-order valence-electron chi connectivity index (χ4n) is 3.95. The lowest BCUT2D eigenvalue weighted by molar-refractivity contribution is -0.947. The lowest BCUT2D eigenvalue weighted by atomic mass is 10.1. The number of carbonyl (C=O) groups excluding carboxylic acids is 1. The molecule has 0 radical (unpaired) electrons. The van der Waals surface area contributed by atoms with Crippen LogP contribution in [0.4, 0.5) is 5.69 Å². The molecule has 1 aromatic rings. The first-order valence-corrected chi connectivity index (χ1v) is 8.68. The maximum Gasteiger partial charge on any atom is 0.285 e. The highest BCUT2D eigenvalue weighted by Gasteiger charge is 2.64. The number of quaternary nitrogens is 1. The molecule has 1 saturated carbocycles. The van der Waals surface area contributed by atoms with E-state index in [1.807, 2.05) is 26.0 Å². The average Bonchev–Trinajstić information content (AvgIpc) is 3.27. The van der Waals surface area contributed by atoms with Crippen molar-refractivity contribution in [3.63, 3.8) is 0 Å². The van der Waals surface area contributed by atoms with Gasteiger partial charge in [-0.25, -0.2) is 0 Å². The van der Waals surface area contributed by atoms with Crippen LogP contribution < -0.4 is 5.32 Å². The van der Waals surface area contributed by atoms with Crippen molar-refractivity contribution < 1.29 is 9.28 Å². The number of hydrogen-bond donors (Lipinski definition) is 1. The summed E-state index contributed by atoms with van der Waals surface area (Å²) >= 11 is 6.09. The van der Waals surface area contributed by atoms with Crippen LogP contribution in [0.15, 0.2) is 12.1 Å².